The standard InChI is InChI=1S/C23H20N4O5/c1-25-17(22(29)24-11-16-7-8-18-19(9-16)32-14-31-18)13-26-20(25)10-21(28)27(23(26)30)12-15-5-3-2-4-6-15/h2-10,13H,11-12,14H2,1H3,(H,24,29). The fourth-order valence-electron chi connectivity index (χ4n) is 3.74. The molecule has 1 aliphatic rings. The molecule has 3 heterocycles. The lowest BCUT2D eigenvalue weighted by atomic mass is 10.2. The van der Waals surface area contributed by atoms with Crippen LogP contribution in [-0.4, -0.2) is 26.2 Å². The lowest BCUT2D eigenvalue weighted by Gasteiger charge is -2.07. The average Bonchev–Trinajstić information content (AvgIpc) is 3.40. The number of nitrogens with zero attached hydrogens (tertiary/aromatic N) is 3. The fraction of sp³-hybridized carbons (Fsp3) is 0.174. The molecule has 1 amide bonds. The van der Waals surface area contributed by atoms with E-state index in [1.807, 2.05) is 42.5 Å². The molecule has 2 aromatic carbocycles. The van der Waals surface area contributed by atoms with Crippen LogP contribution in [0.25, 0.3) is 5.65 Å². The molecule has 0 fully saturated rings. The Hall–Kier alpha value is -4.27. The predicted molar refractivity (Wildman–Crippen MR) is 116 cm³/mol. The van der Waals surface area contributed by atoms with Crippen LogP contribution in [0.4, 0.5) is 0 Å². The van der Waals surface area contributed by atoms with Crippen molar-refractivity contribution in [3.05, 3.63) is 98.5 Å². The SMILES string of the molecule is Cn1c(C(=O)NCc2ccc3c(c2)OCO3)cn2c(=O)n(Cc3ccccc3)c(=O)cc12. The Morgan fingerprint density at radius 3 is 2.59 bits per heavy atom. The van der Waals surface area contributed by atoms with Crippen molar-refractivity contribution < 1.29 is 14.3 Å². The van der Waals surface area contributed by atoms with E-state index >= 15 is 0 Å². The predicted octanol–water partition coefficient (Wildman–Crippen LogP) is 1.51. The molecule has 0 saturated heterocycles. The third-order valence-electron chi connectivity index (χ3n) is 5.47. The number of fused-ring (bicyclic) bond motifs is 2. The summed E-state index contributed by atoms with van der Waals surface area (Å²) in [5, 5.41) is 2.84. The Kier molecular flexibility index (Phi) is 4.78. The van der Waals surface area contributed by atoms with Crippen LogP contribution in [-0.2, 0) is 20.1 Å². The van der Waals surface area contributed by atoms with Crippen molar-refractivity contribution >= 4 is 11.6 Å². The van der Waals surface area contributed by atoms with Crippen LogP contribution in [0.15, 0.2) is 70.4 Å². The van der Waals surface area contributed by atoms with Crippen LogP contribution in [0, 0.1) is 0 Å². The number of carbonyl (C=O) groups is 1. The van der Waals surface area contributed by atoms with E-state index in [4.69, 9.17) is 9.47 Å². The quantitative estimate of drug-likeness (QED) is 0.516. The lowest BCUT2D eigenvalue weighted by molar-refractivity contribution is 0.0943. The molecule has 9 heteroatoms. The summed E-state index contributed by atoms with van der Waals surface area (Å²) >= 11 is 0. The van der Waals surface area contributed by atoms with Gasteiger partial charge in [0.2, 0.25) is 6.79 Å². The van der Waals surface area contributed by atoms with Crippen molar-refractivity contribution in [3.63, 3.8) is 0 Å². The Morgan fingerprint density at radius 1 is 1.00 bits per heavy atom. The first kappa shape index (κ1) is 19.7. The maximum Gasteiger partial charge on any atom is 0.337 e. The molecule has 9 nitrogen and oxygen atoms in total. The minimum Gasteiger partial charge on any atom is -0.454 e. The molecule has 0 atom stereocenters. The van der Waals surface area contributed by atoms with E-state index in [0.717, 1.165) is 15.7 Å². The number of hydrogen-bond donors (Lipinski definition) is 1. The molecule has 0 saturated carbocycles. The van der Waals surface area contributed by atoms with Crippen molar-refractivity contribution in [2.75, 3.05) is 6.79 Å². The number of carbonyl (C=O) groups excluding carboxylic acids is 1. The molecule has 0 bridgehead atoms. The van der Waals surface area contributed by atoms with Crippen LogP contribution in [0.1, 0.15) is 21.6 Å². The van der Waals surface area contributed by atoms with Gasteiger partial charge in [0.25, 0.3) is 11.5 Å². The first-order chi connectivity index (χ1) is 15.5. The summed E-state index contributed by atoms with van der Waals surface area (Å²) in [6.45, 7) is 0.608. The molecule has 0 spiro atoms. The maximum atomic E-state index is 13.0. The van der Waals surface area contributed by atoms with E-state index in [2.05, 4.69) is 5.32 Å². The van der Waals surface area contributed by atoms with Crippen LogP contribution >= 0.6 is 0 Å². The number of imidazole rings is 1. The molecule has 1 N–H and O–H groups in total. The summed E-state index contributed by atoms with van der Waals surface area (Å²) < 4.78 is 14.7. The van der Waals surface area contributed by atoms with Gasteiger partial charge >= 0.3 is 5.69 Å². The Bertz CT molecular complexity index is 1450. The monoisotopic (exact) mass is 432 g/mol. The first-order valence-corrected chi connectivity index (χ1v) is 10.0. The third kappa shape index (κ3) is 3.43. The van der Waals surface area contributed by atoms with Gasteiger partial charge in [0.15, 0.2) is 11.5 Å². The van der Waals surface area contributed by atoms with Crippen LogP contribution in [0.3, 0.4) is 0 Å². The van der Waals surface area contributed by atoms with Gasteiger partial charge in [0, 0.05) is 25.9 Å². The lowest BCUT2D eigenvalue weighted by Crippen LogP contribution is -2.37. The van der Waals surface area contributed by atoms with Crippen LogP contribution < -0.4 is 26.0 Å². The third-order valence-corrected chi connectivity index (χ3v) is 5.47. The number of benzene rings is 2. The second-order valence-corrected chi connectivity index (χ2v) is 7.51. The molecule has 0 radical (unpaired) electrons. The van der Waals surface area contributed by atoms with Gasteiger partial charge in [0.1, 0.15) is 11.3 Å². The maximum absolute atomic E-state index is 13.0. The van der Waals surface area contributed by atoms with Gasteiger partial charge in [-0.2, -0.15) is 0 Å². The van der Waals surface area contributed by atoms with Gasteiger partial charge in [0.05, 0.1) is 6.54 Å². The molecular formula is C23H20N4O5. The minimum absolute atomic E-state index is 0.155. The summed E-state index contributed by atoms with van der Waals surface area (Å²) in [7, 11) is 1.64. The average molecular weight is 432 g/mol. The Balaban J connectivity index is 1.42. The molecule has 5 rings (SSSR count). The van der Waals surface area contributed by atoms with Crippen LogP contribution in [0.5, 0.6) is 11.5 Å². The van der Waals surface area contributed by atoms with Gasteiger partial charge < -0.3 is 19.4 Å². The van der Waals surface area contributed by atoms with Crippen LogP contribution in [0.2, 0.25) is 0 Å². The second kappa shape index (κ2) is 7.77. The molecule has 0 aliphatic carbocycles. The van der Waals surface area contributed by atoms with Gasteiger partial charge in [-0.15, -0.1) is 0 Å². The number of hydrogen-bond acceptors (Lipinski definition) is 5. The van der Waals surface area contributed by atoms with E-state index in [-0.39, 0.29) is 31.5 Å². The summed E-state index contributed by atoms with van der Waals surface area (Å²) in [6, 6.07) is 16.1. The van der Waals surface area contributed by atoms with Gasteiger partial charge in [-0.25, -0.2) is 4.79 Å². The van der Waals surface area contributed by atoms with E-state index in [9.17, 15) is 14.4 Å². The smallest absolute Gasteiger partial charge is 0.337 e. The zero-order valence-corrected chi connectivity index (χ0v) is 17.3. The molecular weight excluding hydrogens is 412 g/mol. The second-order valence-electron chi connectivity index (χ2n) is 7.51. The molecule has 32 heavy (non-hydrogen) atoms. The van der Waals surface area contributed by atoms with Crippen molar-refractivity contribution in [2.45, 2.75) is 13.1 Å². The molecule has 0 unspecified atom stereocenters. The van der Waals surface area contributed by atoms with E-state index in [1.165, 1.54) is 21.2 Å². The van der Waals surface area contributed by atoms with Crippen molar-refractivity contribution in [1.82, 2.24) is 18.9 Å². The molecule has 1 aliphatic heterocycles. The Morgan fingerprint density at radius 2 is 1.78 bits per heavy atom. The Labute approximate surface area is 182 Å². The van der Waals surface area contributed by atoms with Gasteiger partial charge in [-0.1, -0.05) is 36.4 Å². The van der Waals surface area contributed by atoms with Gasteiger partial charge in [-0.05, 0) is 23.3 Å². The normalized spacial score (nSPS) is 12.3. The molecule has 162 valence electrons. The first-order valence-electron chi connectivity index (χ1n) is 10.0. The summed E-state index contributed by atoms with van der Waals surface area (Å²) in [5.74, 6) is 0.944. The summed E-state index contributed by atoms with van der Waals surface area (Å²) in [6.07, 6.45) is 1.45. The highest BCUT2D eigenvalue weighted by molar-refractivity contribution is 5.93. The number of ether oxygens (including phenoxy) is 2. The number of rotatable bonds is 5. The van der Waals surface area contributed by atoms with E-state index < -0.39 is 11.2 Å². The van der Waals surface area contributed by atoms with Gasteiger partial charge in [-0.3, -0.25) is 18.6 Å². The van der Waals surface area contributed by atoms with Crippen molar-refractivity contribution in [2.24, 2.45) is 7.05 Å². The van der Waals surface area contributed by atoms with E-state index in [0.29, 0.717) is 17.1 Å². The zero-order chi connectivity index (χ0) is 22.2. The minimum atomic E-state index is -0.498. The number of aromatic nitrogens is 3. The highest BCUT2D eigenvalue weighted by atomic mass is 16.7. The fourth-order valence-corrected chi connectivity index (χ4v) is 3.74. The summed E-state index contributed by atoms with van der Waals surface area (Å²) in [5.41, 5.74) is 1.37. The number of aryl methyl sites for hydroxylation is 1. The molecule has 2 aromatic heterocycles. The zero-order valence-electron chi connectivity index (χ0n) is 17.3. The number of amides is 1. The highest BCUT2D eigenvalue weighted by Gasteiger charge is 2.18. The topological polar surface area (TPSA) is 96.0 Å². The number of nitrogens with one attached hydrogen (secondary N) is 1. The van der Waals surface area contributed by atoms with Crippen molar-refractivity contribution in [3.8, 4) is 11.5 Å². The summed E-state index contributed by atoms with van der Waals surface area (Å²) in [4.78, 5) is 38.4. The van der Waals surface area contributed by atoms with Crippen molar-refractivity contribution in [1.29, 1.82) is 0 Å². The largest absolute Gasteiger partial charge is 0.454 e. The van der Waals surface area contributed by atoms with E-state index in [1.54, 1.807) is 13.1 Å². The molecule has 4 aromatic rings. The highest BCUT2D eigenvalue weighted by Crippen LogP contribution is 2.32.